The zero-order valence-corrected chi connectivity index (χ0v) is 14.3. The Labute approximate surface area is 147 Å². The van der Waals surface area contributed by atoms with E-state index in [1.807, 2.05) is 31.2 Å². The van der Waals surface area contributed by atoms with Gasteiger partial charge in [0, 0.05) is 11.7 Å². The Morgan fingerprint density at radius 2 is 1.72 bits per heavy atom. The summed E-state index contributed by atoms with van der Waals surface area (Å²) in [6, 6.07) is 13.8. The monoisotopic (exact) mass is 342 g/mol. The number of hydrogen-bond acceptors (Lipinski definition) is 2. The summed E-state index contributed by atoms with van der Waals surface area (Å²) in [6.45, 7) is 1.97. The van der Waals surface area contributed by atoms with Crippen molar-refractivity contribution in [3.8, 4) is 5.75 Å². The zero-order valence-electron chi connectivity index (χ0n) is 14.3. The van der Waals surface area contributed by atoms with Crippen molar-refractivity contribution in [2.75, 3.05) is 5.32 Å². The molecule has 0 atom stereocenters. The van der Waals surface area contributed by atoms with E-state index in [-0.39, 0.29) is 24.0 Å². The van der Waals surface area contributed by atoms with Crippen LogP contribution in [0.25, 0.3) is 0 Å². The van der Waals surface area contributed by atoms with Crippen LogP contribution in [0.15, 0.2) is 48.5 Å². The maximum absolute atomic E-state index is 12.9. The first-order valence-electron chi connectivity index (χ1n) is 8.65. The Balaban J connectivity index is 1.43. The lowest BCUT2D eigenvalue weighted by Crippen LogP contribution is -2.41. The molecule has 0 aliphatic heterocycles. The molecule has 0 spiro atoms. The first-order chi connectivity index (χ1) is 12.1. The third-order valence-corrected chi connectivity index (χ3v) is 4.52. The molecule has 1 aliphatic rings. The molecule has 0 heterocycles. The van der Waals surface area contributed by atoms with Crippen LogP contribution in [-0.2, 0) is 0 Å². The summed E-state index contributed by atoms with van der Waals surface area (Å²) in [5.41, 5.74) is 1.86. The lowest BCUT2D eigenvalue weighted by molar-refractivity contribution is 0.141. The number of aryl methyl sites for hydroxylation is 1. The minimum Gasteiger partial charge on any atom is -0.490 e. The number of nitrogens with one attached hydrogen (secondary N) is 2. The van der Waals surface area contributed by atoms with Crippen molar-refractivity contribution in [1.29, 1.82) is 0 Å². The van der Waals surface area contributed by atoms with E-state index in [0.717, 1.165) is 36.9 Å². The fourth-order valence-electron chi connectivity index (χ4n) is 3.09. The number of anilines is 1. The molecule has 132 valence electrons. The van der Waals surface area contributed by atoms with Gasteiger partial charge in [-0.1, -0.05) is 18.2 Å². The van der Waals surface area contributed by atoms with Gasteiger partial charge in [-0.25, -0.2) is 9.18 Å². The van der Waals surface area contributed by atoms with Crippen molar-refractivity contribution in [3.63, 3.8) is 0 Å². The number of rotatable bonds is 4. The van der Waals surface area contributed by atoms with Gasteiger partial charge in [0.2, 0.25) is 0 Å². The molecule has 1 aliphatic carbocycles. The highest BCUT2D eigenvalue weighted by atomic mass is 19.1. The SMILES string of the molecule is Cc1ccccc1NC(=O)NC1CCC(Oc2ccc(F)cc2)CC1. The maximum Gasteiger partial charge on any atom is 0.319 e. The molecule has 2 N–H and O–H groups in total. The first-order valence-corrected chi connectivity index (χ1v) is 8.65. The van der Waals surface area contributed by atoms with Crippen molar-refractivity contribution >= 4 is 11.7 Å². The number of hydrogen-bond donors (Lipinski definition) is 2. The average molecular weight is 342 g/mol. The van der Waals surface area contributed by atoms with Crippen molar-refractivity contribution in [1.82, 2.24) is 5.32 Å². The van der Waals surface area contributed by atoms with Crippen molar-refractivity contribution in [2.45, 2.75) is 44.8 Å². The number of carbonyl (C=O) groups excluding carboxylic acids is 1. The average Bonchev–Trinajstić information content (AvgIpc) is 2.61. The van der Waals surface area contributed by atoms with E-state index in [4.69, 9.17) is 4.74 Å². The molecule has 2 aromatic carbocycles. The number of halogens is 1. The Hall–Kier alpha value is -2.56. The molecular formula is C20H23FN2O2. The third-order valence-electron chi connectivity index (χ3n) is 4.52. The standard InChI is InChI=1S/C20H23FN2O2/c1-14-4-2-3-5-19(14)23-20(24)22-16-8-12-18(13-9-16)25-17-10-6-15(21)7-11-17/h2-7,10-11,16,18H,8-9,12-13H2,1H3,(H2,22,23,24). The van der Waals surface area contributed by atoms with E-state index in [1.54, 1.807) is 12.1 Å². The van der Waals surface area contributed by atoms with Gasteiger partial charge in [0.05, 0.1) is 6.10 Å². The summed E-state index contributed by atoms with van der Waals surface area (Å²) in [4.78, 5) is 12.1. The largest absolute Gasteiger partial charge is 0.490 e. The van der Waals surface area contributed by atoms with E-state index < -0.39 is 0 Å². The van der Waals surface area contributed by atoms with Gasteiger partial charge in [0.1, 0.15) is 11.6 Å². The molecule has 2 aromatic rings. The second-order valence-electron chi connectivity index (χ2n) is 6.46. The molecule has 25 heavy (non-hydrogen) atoms. The number of carbonyl (C=O) groups is 1. The summed E-state index contributed by atoms with van der Waals surface area (Å²) in [6.07, 6.45) is 3.59. The number of amides is 2. The van der Waals surface area contributed by atoms with Crippen LogP contribution in [0.2, 0.25) is 0 Å². The molecule has 4 nitrogen and oxygen atoms in total. The fourth-order valence-corrected chi connectivity index (χ4v) is 3.09. The molecule has 3 rings (SSSR count). The van der Waals surface area contributed by atoms with Crippen LogP contribution in [0.5, 0.6) is 5.75 Å². The predicted molar refractivity (Wildman–Crippen MR) is 96.4 cm³/mol. The molecule has 1 saturated carbocycles. The van der Waals surface area contributed by atoms with E-state index in [9.17, 15) is 9.18 Å². The minimum atomic E-state index is -0.264. The quantitative estimate of drug-likeness (QED) is 0.850. The van der Waals surface area contributed by atoms with Gasteiger partial charge >= 0.3 is 6.03 Å². The molecule has 1 fully saturated rings. The summed E-state index contributed by atoms with van der Waals surface area (Å²) in [5.74, 6) is 0.426. The molecule has 2 amide bonds. The molecule has 0 aromatic heterocycles. The van der Waals surface area contributed by atoms with Gasteiger partial charge in [-0.2, -0.15) is 0 Å². The molecule has 0 radical (unpaired) electrons. The molecular weight excluding hydrogens is 319 g/mol. The summed E-state index contributed by atoms with van der Waals surface area (Å²) < 4.78 is 18.8. The number of para-hydroxylation sites is 1. The van der Waals surface area contributed by atoms with Crippen molar-refractivity contribution < 1.29 is 13.9 Å². The van der Waals surface area contributed by atoms with Crippen LogP contribution >= 0.6 is 0 Å². The number of urea groups is 1. The van der Waals surface area contributed by atoms with Crippen LogP contribution in [0.3, 0.4) is 0 Å². The fraction of sp³-hybridized carbons (Fsp3) is 0.350. The molecule has 0 unspecified atom stereocenters. The predicted octanol–water partition coefficient (Wildman–Crippen LogP) is 4.65. The summed E-state index contributed by atoms with van der Waals surface area (Å²) in [7, 11) is 0. The topological polar surface area (TPSA) is 50.4 Å². The van der Waals surface area contributed by atoms with Crippen LogP contribution < -0.4 is 15.4 Å². The molecule has 0 saturated heterocycles. The lowest BCUT2D eigenvalue weighted by atomic mass is 9.93. The van der Waals surface area contributed by atoms with E-state index in [2.05, 4.69) is 10.6 Å². The van der Waals surface area contributed by atoms with Crippen LogP contribution in [0, 0.1) is 12.7 Å². The van der Waals surface area contributed by atoms with Crippen LogP contribution in [0.1, 0.15) is 31.2 Å². The Bertz CT molecular complexity index is 710. The van der Waals surface area contributed by atoms with E-state index in [1.165, 1.54) is 12.1 Å². The van der Waals surface area contributed by atoms with Gasteiger partial charge in [-0.3, -0.25) is 0 Å². The summed E-state index contributed by atoms with van der Waals surface area (Å²) in [5, 5.41) is 5.93. The molecule has 5 heteroatoms. The smallest absolute Gasteiger partial charge is 0.319 e. The second kappa shape index (κ2) is 8.01. The normalized spacial score (nSPS) is 19.9. The first kappa shape index (κ1) is 17.3. The van der Waals surface area contributed by atoms with Crippen LogP contribution in [-0.4, -0.2) is 18.2 Å². The third kappa shape index (κ3) is 4.95. The van der Waals surface area contributed by atoms with Gasteiger partial charge in [0.15, 0.2) is 0 Å². The van der Waals surface area contributed by atoms with Gasteiger partial charge in [-0.15, -0.1) is 0 Å². The van der Waals surface area contributed by atoms with Gasteiger partial charge in [-0.05, 0) is 68.5 Å². The van der Waals surface area contributed by atoms with E-state index in [0.29, 0.717) is 5.75 Å². The minimum absolute atomic E-state index is 0.114. The Morgan fingerprint density at radius 1 is 1.04 bits per heavy atom. The van der Waals surface area contributed by atoms with Crippen molar-refractivity contribution in [2.24, 2.45) is 0 Å². The zero-order chi connectivity index (χ0) is 17.6. The Morgan fingerprint density at radius 3 is 2.40 bits per heavy atom. The van der Waals surface area contributed by atoms with E-state index >= 15 is 0 Å². The molecule has 0 bridgehead atoms. The maximum atomic E-state index is 12.9. The Kier molecular flexibility index (Phi) is 5.53. The van der Waals surface area contributed by atoms with Gasteiger partial charge < -0.3 is 15.4 Å². The van der Waals surface area contributed by atoms with Gasteiger partial charge in [0.25, 0.3) is 0 Å². The highest BCUT2D eigenvalue weighted by molar-refractivity contribution is 5.90. The van der Waals surface area contributed by atoms with Crippen LogP contribution in [0.4, 0.5) is 14.9 Å². The summed E-state index contributed by atoms with van der Waals surface area (Å²) >= 11 is 0. The number of benzene rings is 2. The van der Waals surface area contributed by atoms with Crippen molar-refractivity contribution in [3.05, 3.63) is 59.9 Å². The highest BCUT2D eigenvalue weighted by Crippen LogP contribution is 2.24. The number of ether oxygens (including phenoxy) is 1. The highest BCUT2D eigenvalue weighted by Gasteiger charge is 2.23. The lowest BCUT2D eigenvalue weighted by Gasteiger charge is -2.29. The second-order valence-corrected chi connectivity index (χ2v) is 6.46.